The van der Waals surface area contributed by atoms with Crippen LogP contribution in [0.4, 0.5) is 4.39 Å². The Kier molecular flexibility index (Phi) is 3.40. The lowest BCUT2D eigenvalue weighted by atomic mass is 10.0. The van der Waals surface area contributed by atoms with Gasteiger partial charge in [-0.15, -0.1) is 0 Å². The first-order valence-electron chi connectivity index (χ1n) is 6.67. The molecule has 21 heavy (non-hydrogen) atoms. The van der Waals surface area contributed by atoms with Gasteiger partial charge in [0.15, 0.2) is 0 Å². The Hall–Kier alpha value is -2.68. The number of para-hydroxylation sites is 1. The lowest BCUT2D eigenvalue weighted by molar-refractivity contribution is -0.104. The van der Waals surface area contributed by atoms with Crippen molar-refractivity contribution in [3.63, 3.8) is 0 Å². The van der Waals surface area contributed by atoms with Gasteiger partial charge >= 0.3 is 0 Å². The zero-order chi connectivity index (χ0) is 14.8. The molecule has 2 nitrogen and oxygen atoms in total. The van der Waals surface area contributed by atoms with E-state index < -0.39 is 0 Å². The van der Waals surface area contributed by atoms with Crippen LogP contribution in [0.5, 0.6) is 0 Å². The molecule has 0 saturated carbocycles. The van der Waals surface area contributed by atoms with Gasteiger partial charge < -0.3 is 4.57 Å². The summed E-state index contributed by atoms with van der Waals surface area (Å²) in [5.74, 6) is -0.260. The molecule has 0 amide bonds. The number of allylic oxidation sites excluding steroid dienone is 1. The average molecular weight is 279 g/mol. The van der Waals surface area contributed by atoms with E-state index in [1.54, 1.807) is 18.2 Å². The Morgan fingerprint density at radius 1 is 1.05 bits per heavy atom. The molecule has 1 aromatic heterocycles. The average Bonchev–Trinajstić information content (AvgIpc) is 2.79. The zero-order valence-electron chi connectivity index (χ0n) is 11.6. The predicted molar refractivity (Wildman–Crippen MR) is 83.4 cm³/mol. The first-order chi connectivity index (χ1) is 10.2. The Bertz CT molecular complexity index is 828. The van der Waals surface area contributed by atoms with Crippen molar-refractivity contribution in [1.29, 1.82) is 0 Å². The standard InChI is InChI=1S/C18H14FNO/c1-20-16-6-3-2-5-15(16)18(17(20)7-4-12-21)13-8-10-14(19)11-9-13/h2-12H,1H3/b7-4+. The second-order valence-electron chi connectivity index (χ2n) is 4.84. The van der Waals surface area contributed by atoms with Crippen molar-refractivity contribution in [2.45, 2.75) is 0 Å². The number of aryl methyl sites for hydroxylation is 1. The molecule has 3 rings (SSSR count). The number of benzene rings is 2. The number of carbonyl (C=O) groups is 1. The summed E-state index contributed by atoms with van der Waals surface area (Å²) in [7, 11) is 1.96. The smallest absolute Gasteiger partial charge is 0.142 e. The normalized spacial score (nSPS) is 11.3. The Morgan fingerprint density at radius 2 is 1.76 bits per heavy atom. The molecule has 0 spiro atoms. The van der Waals surface area contributed by atoms with Gasteiger partial charge in [-0.1, -0.05) is 30.3 Å². The monoisotopic (exact) mass is 279 g/mol. The molecule has 0 bridgehead atoms. The maximum atomic E-state index is 13.2. The third kappa shape index (κ3) is 2.27. The highest BCUT2D eigenvalue weighted by Gasteiger charge is 2.14. The van der Waals surface area contributed by atoms with Crippen molar-refractivity contribution in [3.8, 4) is 11.1 Å². The van der Waals surface area contributed by atoms with Crippen LogP contribution in [0.25, 0.3) is 28.1 Å². The van der Waals surface area contributed by atoms with Crippen LogP contribution in [0, 0.1) is 5.82 Å². The fourth-order valence-electron chi connectivity index (χ4n) is 2.66. The van der Waals surface area contributed by atoms with Gasteiger partial charge in [0.25, 0.3) is 0 Å². The van der Waals surface area contributed by atoms with Gasteiger partial charge in [-0.25, -0.2) is 4.39 Å². The number of fused-ring (bicyclic) bond motifs is 1. The highest BCUT2D eigenvalue weighted by molar-refractivity contribution is 6.01. The van der Waals surface area contributed by atoms with Crippen LogP contribution in [-0.4, -0.2) is 10.9 Å². The van der Waals surface area contributed by atoms with Gasteiger partial charge in [0.2, 0.25) is 0 Å². The first-order valence-corrected chi connectivity index (χ1v) is 6.67. The molecule has 0 saturated heterocycles. The van der Waals surface area contributed by atoms with Gasteiger partial charge in [0.1, 0.15) is 12.1 Å². The van der Waals surface area contributed by atoms with E-state index in [9.17, 15) is 9.18 Å². The van der Waals surface area contributed by atoms with Crippen LogP contribution in [0.15, 0.2) is 54.6 Å². The van der Waals surface area contributed by atoms with Gasteiger partial charge in [-0.2, -0.15) is 0 Å². The number of carbonyl (C=O) groups excluding carboxylic acids is 1. The van der Waals surface area contributed by atoms with Crippen molar-refractivity contribution in [2.75, 3.05) is 0 Å². The van der Waals surface area contributed by atoms with E-state index in [1.807, 2.05) is 35.9 Å². The Morgan fingerprint density at radius 3 is 2.48 bits per heavy atom. The van der Waals surface area contributed by atoms with Crippen LogP contribution >= 0.6 is 0 Å². The SMILES string of the molecule is Cn1c(/C=C/C=O)c(-c2ccc(F)cc2)c2ccccc21. The molecule has 1 heterocycles. The first kappa shape index (κ1) is 13.3. The summed E-state index contributed by atoms with van der Waals surface area (Å²) in [5, 5.41) is 1.08. The molecule has 3 heteroatoms. The summed E-state index contributed by atoms with van der Waals surface area (Å²) in [6, 6.07) is 14.4. The zero-order valence-corrected chi connectivity index (χ0v) is 11.6. The summed E-state index contributed by atoms with van der Waals surface area (Å²) in [6.45, 7) is 0. The molecule has 0 unspecified atom stereocenters. The fraction of sp³-hybridized carbons (Fsp3) is 0.0556. The molecule has 0 N–H and O–H groups in total. The minimum atomic E-state index is -0.260. The van der Waals surface area contributed by atoms with E-state index in [0.717, 1.165) is 34.0 Å². The summed E-state index contributed by atoms with van der Waals surface area (Å²) >= 11 is 0. The van der Waals surface area contributed by atoms with Crippen LogP contribution < -0.4 is 0 Å². The second-order valence-corrected chi connectivity index (χ2v) is 4.84. The number of hydrogen-bond donors (Lipinski definition) is 0. The van der Waals surface area contributed by atoms with Gasteiger partial charge in [-0.05, 0) is 35.9 Å². The van der Waals surface area contributed by atoms with E-state index in [1.165, 1.54) is 18.2 Å². The van der Waals surface area contributed by atoms with Crippen molar-refractivity contribution in [2.24, 2.45) is 7.05 Å². The Labute approximate surface area is 122 Å². The fourth-order valence-corrected chi connectivity index (χ4v) is 2.66. The van der Waals surface area contributed by atoms with Gasteiger partial charge in [0.05, 0.1) is 0 Å². The summed E-state index contributed by atoms with van der Waals surface area (Å²) in [5.41, 5.74) is 3.93. The van der Waals surface area contributed by atoms with Crippen molar-refractivity contribution < 1.29 is 9.18 Å². The predicted octanol–water partition coefficient (Wildman–Crippen LogP) is 4.20. The van der Waals surface area contributed by atoms with Crippen LogP contribution in [0.1, 0.15) is 5.69 Å². The van der Waals surface area contributed by atoms with Crippen molar-refractivity contribution in [1.82, 2.24) is 4.57 Å². The molecule has 0 aliphatic rings. The molecule has 104 valence electrons. The highest BCUT2D eigenvalue weighted by Crippen LogP contribution is 2.35. The lowest BCUT2D eigenvalue weighted by Crippen LogP contribution is -1.91. The van der Waals surface area contributed by atoms with Crippen molar-refractivity contribution >= 4 is 23.3 Å². The molecule has 0 atom stereocenters. The largest absolute Gasteiger partial charge is 0.344 e. The van der Waals surface area contributed by atoms with Crippen LogP contribution in [0.2, 0.25) is 0 Å². The number of aromatic nitrogens is 1. The number of hydrogen-bond acceptors (Lipinski definition) is 1. The topological polar surface area (TPSA) is 22.0 Å². The van der Waals surface area contributed by atoms with E-state index in [2.05, 4.69) is 0 Å². The number of halogens is 1. The maximum Gasteiger partial charge on any atom is 0.142 e. The van der Waals surface area contributed by atoms with Crippen LogP contribution in [-0.2, 0) is 11.8 Å². The van der Waals surface area contributed by atoms with E-state index in [-0.39, 0.29) is 5.82 Å². The third-order valence-electron chi connectivity index (χ3n) is 3.62. The third-order valence-corrected chi connectivity index (χ3v) is 3.62. The number of nitrogens with zero attached hydrogens (tertiary/aromatic N) is 1. The van der Waals surface area contributed by atoms with E-state index in [0.29, 0.717) is 0 Å². The maximum absolute atomic E-state index is 13.2. The molecule has 0 aliphatic heterocycles. The molecular formula is C18H14FNO. The molecule has 0 radical (unpaired) electrons. The molecular weight excluding hydrogens is 265 g/mol. The lowest BCUT2D eigenvalue weighted by Gasteiger charge is -2.04. The van der Waals surface area contributed by atoms with Gasteiger partial charge in [0, 0.05) is 29.2 Å². The molecule has 0 fully saturated rings. The molecule has 3 aromatic rings. The highest BCUT2D eigenvalue weighted by atomic mass is 19.1. The molecule has 0 aliphatic carbocycles. The summed E-state index contributed by atoms with van der Waals surface area (Å²) < 4.78 is 15.2. The number of rotatable bonds is 3. The van der Waals surface area contributed by atoms with Gasteiger partial charge in [-0.3, -0.25) is 4.79 Å². The quantitative estimate of drug-likeness (QED) is 0.520. The number of aldehydes is 1. The second kappa shape index (κ2) is 5.37. The summed E-state index contributed by atoms with van der Waals surface area (Å²) in [6.07, 6.45) is 4.01. The summed E-state index contributed by atoms with van der Waals surface area (Å²) in [4.78, 5) is 10.7. The molecule has 2 aromatic carbocycles. The van der Waals surface area contributed by atoms with E-state index >= 15 is 0 Å². The minimum Gasteiger partial charge on any atom is -0.344 e. The minimum absolute atomic E-state index is 0.260. The van der Waals surface area contributed by atoms with Crippen molar-refractivity contribution in [3.05, 3.63) is 66.1 Å². The van der Waals surface area contributed by atoms with E-state index in [4.69, 9.17) is 0 Å². The Balaban J connectivity index is 2.35. The van der Waals surface area contributed by atoms with Crippen LogP contribution in [0.3, 0.4) is 0 Å².